The van der Waals surface area contributed by atoms with Gasteiger partial charge in [0.15, 0.2) is 0 Å². The van der Waals surface area contributed by atoms with Gasteiger partial charge in [-0.15, -0.1) is 0 Å². The van der Waals surface area contributed by atoms with Crippen LogP contribution in [0, 0.1) is 6.92 Å². The Morgan fingerprint density at radius 1 is 1.11 bits per heavy atom. The first-order valence-electron chi connectivity index (χ1n) is 8.69. The number of aromatic nitrogens is 2. The molecule has 1 aromatic heterocycles. The van der Waals surface area contributed by atoms with Crippen molar-refractivity contribution in [3.05, 3.63) is 48.0 Å². The summed E-state index contributed by atoms with van der Waals surface area (Å²) in [5.74, 6) is -0.247. The number of carbonyl (C=O) groups excluding carboxylic acids is 3. The third-order valence-electron chi connectivity index (χ3n) is 4.54. The molecule has 1 aliphatic rings. The molecule has 3 amide bonds. The normalized spacial score (nSPS) is 14.2. The van der Waals surface area contributed by atoms with Crippen LogP contribution in [0.5, 0.6) is 0 Å². The number of hydrogen-bond acceptors (Lipinski definition) is 4. The van der Waals surface area contributed by atoms with E-state index in [-0.39, 0.29) is 31.2 Å². The van der Waals surface area contributed by atoms with E-state index in [0.717, 1.165) is 32.9 Å². The first-order chi connectivity index (χ1) is 13.0. The summed E-state index contributed by atoms with van der Waals surface area (Å²) in [5, 5.41) is 2.71. The zero-order chi connectivity index (χ0) is 19.0. The molecule has 2 N–H and O–H groups in total. The van der Waals surface area contributed by atoms with Crippen molar-refractivity contribution >= 4 is 34.4 Å². The van der Waals surface area contributed by atoms with Crippen LogP contribution in [0.3, 0.4) is 0 Å². The molecule has 0 radical (unpaired) electrons. The van der Waals surface area contributed by atoms with Gasteiger partial charge in [0.1, 0.15) is 12.4 Å². The molecule has 4 rings (SSSR count). The van der Waals surface area contributed by atoms with Crippen molar-refractivity contribution in [2.75, 3.05) is 11.9 Å². The van der Waals surface area contributed by atoms with Crippen LogP contribution in [-0.2, 0) is 14.4 Å². The van der Waals surface area contributed by atoms with Gasteiger partial charge in [0.2, 0.25) is 17.7 Å². The first kappa shape index (κ1) is 17.0. The van der Waals surface area contributed by atoms with E-state index in [1.165, 1.54) is 0 Å². The van der Waals surface area contributed by atoms with Crippen LogP contribution in [-0.4, -0.2) is 39.1 Å². The van der Waals surface area contributed by atoms with Gasteiger partial charge in [-0.2, -0.15) is 0 Å². The lowest BCUT2D eigenvalue weighted by Crippen LogP contribution is -2.36. The van der Waals surface area contributed by atoms with Gasteiger partial charge >= 0.3 is 0 Å². The van der Waals surface area contributed by atoms with Gasteiger partial charge in [-0.1, -0.05) is 6.07 Å². The number of rotatable bonds is 4. The standard InChI is InChI=1S/C20H18N4O3/c1-12-2-7-15-16(10-12)23-20(22-15)13-3-5-14(6-4-13)21-17(25)11-24-18(26)8-9-19(24)27/h2-7,10H,8-9,11H2,1H3,(H,21,25)(H,22,23). The summed E-state index contributed by atoms with van der Waals surface area (Å²) in [7, 11) is 0. The highest BCUT2D eigenvalue weighted by Gasteiger charge is 2.30. The molecule has 2 aromatic carbocycles. The molecule has 27 heavy (non-hydrogen) atoms. The number of benzene rings is 2. The summed E-state index contributed by atoms with van der Waals surface area (Å²) in [6.45, 7) is 1.78. The fourth-order valence-corrected chi connectivity index (χ4v) is 3.11. The van der Waals surface area contributed by atoms with Crippen LogP contribution in [0.4, 0.5) is 5.69 Å². The maximum absolute atomic E-state index is 12.1. The molecule has 7 nitrogen and oxygen atoms in total. The minimum absolute atomic E-state index is 0.178. The first-order valence-corrected chi connectivity index (χ1v) is 8.69. The average Bonchev–Trinajstić information content (AvgIpc) is 3.20. The molecule has 1 saturated heterocycles. The molecule has 0 spiro atoms. The van der Waals surface area contributed by atoms with Crippen molar-refractivity contribution in [1.29, 1.82) is 0 Å². The molecule has 0 unspecified atom stereocenters. The Morgan fingerprint density at radius 3 is 2.52 bits per heavy atom. The molecule has 0 bridgehead atoms. The van der Waals surface area contributed by atoms with Crippen LogP contribution in [0.25, 0.3) is 22.4 Å². The zero-order valence-corrected chi connectivity index (χ0v) is 14.8. The molecule has 0 saturated carbocycles. The van der Waals surface area contributed by atoms with E-state index in [0.29, 0.717) is 5.69 Å². The van der Waals surface area contributed by atoms with Gasteiger partial charge in [0.05, 0.1) is 11.0 Å². The molecule has 7 heteroatoms. The predicted molar refractivity (Wildman–Crippen MR) is 101 cm³/mol. The number of anilines is 1. The lowest BCUT2D eigenvalue weighted by molar-refractivity contribution is -0.141. The summed E-state index contributed by atoms with van der Waals surface area (Å²) in [4.78, 5) is 44.1. The topological polar surface area (TPSA) is 95.2 Å². The summed E-state index contributed by atoms with van der Waals surface area (Å²) in [6.07, 6.45) is 0.357. The second kappa shape index (κ2) is 6.68. The number of fused-ring (bicyclic) bond motifs is 1. The van der Waals surface area contributed by atoms with Crippen molar-refractivity contribution in [3.63, 3.8) is 0 Å². The van der Waals surface area contributed by atoms with E-state index in [2.05, 4.69) is 15.3 Å². The van der Waals surface area contributed by atoms with Crippen molar-refractivity contribution in [3.8, 4) is 11.4 Å². The number of H-pyrrole nitrogens is 1. The Labute approximate surface area is 155 Å². The second-order valence-electron chi connectivity index (χ2n) is 6.61. The van der Waals surface area contributed by atoms with Gasteiger partial charge in [-0.25, -0.2) is 4.98 Å². The summed E-state index contributed by atoms with van der Waals surface area (Å²) in [6, 6.07) is 13.3. The van der Waals surface area contributed by atoms with Crippen molar-refractivity contribution in [2.24, 2.45) is 0 Å². The summed E-state index contributed by atoms with van der Waals surface area (Å²) < 4.78 is 0. The number of aromatic amines is 1. The minimum Gasteiger partial charge on any atom is -0.338 e. The lowest BCUT2D eigenvalue weighted by Gasteiger charge is -2.13. The molecule has 136 valence electrons. The summed E-state index contributed by atoms with van der Waals surface area (Å²) in [5.41, 5.74) is 4.52. The highest BCUT2D eigenvalue weighted by molar-refractivity contribution is 6.06. The fraction of sp³-hybridized carbons (Fsp3) is 0.200. The number of aryl methyl sites for hydroxylation is 1. The molecular formula is C20H18N4O3. The van der Waals surface area contributed by atoms with Crippen LogP contribution in [0.1, 0.15) is 18.4 Å². The number of carbonyl (C=O) groups is 3. The van der Waals surface area contributed by atoms with Crippen molar-refractivity contribution < 1.29 is 14.4 Å². The van der Waals surface area contributed by atoms with E-state index < -0.39 is 5.91 Å². The molecule has 1 fully saturated rings. The number of nitrogens with zero attached hydrogens (tertiary/aromatic N) is 2. The lowest BCUT2D eigenvalue weighted by atomic mass is 10.2. The number of likely N-dealkylation sites (tertiary alicyclic amines) is 1. The Balaban J connectivity index is 1.46. The van der Waals surface area contributed by atoms with Crippen molar-refractivity contribution in [1.82, 2.24) is 14.9 Å². The van der Waals surface area contributed by atoms with E-state index in [1.54, 1.807) is 12.1 Å². The Kier molecular flexibility index (Phi) is 4.19. The molecule has 3 aromatic rings. The SMILES string of the molecule is Cc1ccc2nc(-c3ccc(NC(=O)CN4C(=O)CCC4=O)cc3)[nH]c2c1. The third-order valence-corrected chi connectivity index (χ3v) is 4.54. The molecule has 2 heterocycles. The number of amides is 3. The monoisotopic (exact) mass is 362 g/mol. The van der Waals surface area contributed by atoms with Gasteiger partial charge in [-0.05, 0) is 48.9 Å². The highest BCUT2D eigenvalue weighted by Crippen LogP contribution is 2.23. The van der Waals surface area contributed by atoms with Gasteiger partial charge in [0, 0.05) is 24.1 Å². The molecule has 0 atom stereocenters. The number of imide groups is 1. The van der Waals surface area contributed by atoms with Gasteiger partial charge < -0.3 is 10.3 Å². The average molecular weight is 362 g/mol. The van der Waals surface area contributed by atoms with E-state index in [1.807, 2.05) is 37.3 Å². The largest absolute Gasteiger partial charge is 0.338 e. The maximum Gasteiger partial charge on any atom is 0.244 e. The molecule has 1 aliphatic heterocycles. The van der Waals surface area contributed by atoms with E-state index >= 15 is 0 Å². The number of imidazole rings is 1. The Bertz CT molecular complexity index is 1040. The highest BCUT2D eigenvalue weighted by atomic mass is 16.2. The van der Waals surface area contributed by atoms with Gasteiger partial charge in [0.25, 0.3) is 0 Å². The fourth-order valence-electron chi connectivity index (χ4n) is 3.11. The molecular weight excluding hydrogens is 344 g/mol. The Morgan fingerprint density at radius 2 is 1.81 bits per heavy atom. The van der Waals surface area contributed by atoms with E-state index in [9.17, 15) is 14.4 Å². The minimum atomic E-state index is -0.398. The molecule has 0 aliphatic carbocycles. The summed E-state index contributed by atoms with van der Waals surface area (Å²) >= 11 is 0. The van der Waals surface area contributed by atoms with Crippen LogP contribution in [0.15, 0.2) is 42.5 Å². The van der Waals surface area contributed by atoms with Crippen molar-refractivity contribution in [2.45, 2.75) is 19.8 Å². The number of hydrogen-bond donors (Lipinski definition) is 2. The van der Waals surface area contributed by atoms with Crippen LogP contribution in [0.2, 0.25) is 0 Å². The maximum atomic E-state index is 12.1. The predicted octanol–water partition coefficient (Wildman–Crippen LogP) is 2.63. The van der Waals surface area contributed by atoms with Crippen LogP contribution >= 0.6 is 0 Å². The smallest absolute Gasteiger partial charge is 0.244 e. The second-order valence-corrected chi connectivity index (χ2v) is 6.61. The van der Waals surface area contributed by atoms with E-state index in [4.69, 9.17) is 0 Å². The van der Waals surface area contributed by atoms with Crippen LogP contribution < -0.4 is 5.32 Å². The Hall–Kier alpha value is -3.48. The quantitative estimate of drug-likeness (QED) is 0.698. The number of nitrogens with one attached hydrogen (secondary N) is 2. The third kappa shape index (κ3) is 3.44. The van der Waals surface area contributed by atoms with Gasteiger partial charge in [-0.3, -0.25) is 19.3 Å². The zero-order valence-electron chi connectivity index (χ0n) is 14.8.